The normalized spacial score (nSPS) is 19.0. The first kappa shape index (κ1) is 20.5. The highest BCUT2D eigenvalue weighted by molar-refractivity contribution is 8.01. The van der Waals surface area contributed by atoms with E-state index in [2.05, 4.69) is 17.6 Å². The SMILES string of the molecule is CCc1cccc(NC(=O)C2CCN(C(=O)[C@@H]3Sc4ccccc4NC3=O)CC2)c1. The number of para-hydroxylation sites is 1. The van der Waals surface area contributed by atoms with Crippen LogP contribution in [0.4, 0.5) is 11.4 Å². The molecular formula is C23H25N3O3S. The van der Waals surface area contributed by atoms with Crippen molar-refractivity contribution in [2.24, 2.45) is 5.92 Å². The van der Waals surface area contributed by atoms with Crippen molar-refractivity contribution < 1.29 is 14.4 Å². The van der Waals surface area contributed by atoms with Gasteiger partial charge >= 0.3 is 0 Å². The summed E-state index contributed by atoms with van der Waals surface area (Å²) < 4.78 is 0. The lowest BCUT2D eigenvalue weighted by atomic mass is 9.95. The summed E-state index contributed by atoms with van der Waals surface area (Å²) in [5, 5.41) is 5.05. The fourth-order valence-electron chi connectivity index (χ4n) is 3.86. The summed E-state index contributed by atoms with van der Waals surface area (Å²) >= 11 is 1.30. The van der Waals surface area contributed by atoms with Gasteiger partial charge in [-0.15, -0.1) is 11.8 Å². The summed E-state index contributed by atoms with van der Waals surface area (Å²) in [5.41, 5.74) is 2.74. The molecule has 1 saturated heterocycles. The third-order valence-corrected chi connectivity index (χ3v) is 6.89. The van der Waals surface area contributed by atoms with Crippen molar-refractivity contribution in [2.45, 2.75) is 36.3 Å². The summed E-state index contributed by atoms with van der Waals surface area (Å²) in [5.74, 6) is -0.595. The van der Waals surface area contributed by atoms with Crippen LogP contribution in [0, 0.1) is 5.92 Å². The van der Waals surface area contributed by atoms with Crippen LogP contribution in [0.3, 0.4) is 0 Å². The molecule has 1 atom stereocenters. The maximum Gasteiger partial charge on any atom is 0.247 e. The van der Waals surface area contributed by atoms with Gasteiger partial charge in [-0.1, -0.05) is 31.2 Å². The third kappa shape index (κ3) is 4.36. The number of benzene rings is 2. The molecule has 0 spiro atoms. The van der Waals surface area contributed by atoms with E-state index in [-0.39, 0.29) is 23.6 Å². The van der Waals surface area contributed by atoms with E-state index in [4.69, 9.17) is 0 Å². The van der Waals surface area contributed by atoms with E-state index in [9.17, 15) is 14.4 Å². The molecule has 0 aromatic heterocycles. The molecule has 6 nitrogen and oxygen atoms in total. The zero-order chi connectivity index (χ0) is 21.1. The minimum atomic E-state index is -0.776. The summed E-state index contributed by atoms with van der Waals surface area (Å²) in [6.45, 7) is 3.05. The van der Waals surface area contributed by atoms with E-state index in [1.54, 1.807) is 4.90 Å². The number of anilines is 2. The lowest BCUT2D eigenvalue weighted by Gasteiger charge is -2.34. The number of likely N-dealkylation sites (tertiary alicyclic amines) is 1. The quantitative estimate of drug-likeness (QED) is 0.738. The predicted octanol–water partition coefficient (Wildman–Crippen LogP) is 3.54. The number of nitrogens with zero attached hydrogens (tertiary/aromatic N) is 1. The van der Waals surface area contributed by atoms with Crippen LogP contribution in [-0.2, 0) is 20.8 Å². The largest absolute Gasteiger partial charge is 0.341 e. The predicted molar refractivity (Wildman–Crippen MR) is 118 cm³/mol. The van der Waals surface area contributed by atoms with E-state index in [1.165, 1.54) is 17.3 Å². The van der Waals surface area contributed by atoms with Crippen LogP contribution in [0.25, 0.3) is 0 Å². The van der Waals surface area contributed by atoms with Crippen molar-refractivity contribution in [2.75, 3.05) is 23.7 Å². The van der Waals surface area contributed by atoms with Crippen LogP contribution in [0.15, 0.2) is 53.4 Å². The van der Waals surface area contributed by atoms with Gasteiger partial charge in [0.2, 0.25) is 17.7 Å². The molecule has 7 heteroatoms. The molecule has 30 heavy (non-hydrogen) atoms. The molecule has 2 aliphatic rings. The fraction of sp³-hybridized carbons (Fsp3) is 0.348. The molecule has 0 aliphatic carbocycles. The molecule has 3 amide bonds. The smallest absolute Gasteiger partial charge is 0.247 e. The summed E-state index contributed by atoms with van der Waals surface area (Å²) in [6, 6.07) is 15.4. The molecule has 1 fully saturated rings. The summed E-state index contributed by atoms with van der Waals surface area (Å²) in [7, 11) is 0. The molecule has 0 saturated carbocycles. The van der Waals surface area contributed by atoms with Crippen molar-refractivity contribution >= 4 is 40.9 Å². The van der Waals surface area contributed by atoms with E-state index >= 15 is 0 Å². The van der Waals surface area contributed by atoms with Crippen LogP contribution >= 0.6 is 11.8 Å². The van der Waals surface area contributed by atoms with Crippen LogP contribution in [0.2, 0.25) is 0 Å². The number of carbonyl (C=O) groups is 3. The Hall–Kier alpha value is -2.80. The highest BCUT2D eigenvalue weighted by atomic mass is 32.2. The number of nitrogens with one attached hydrogen (secondary N) is 2. The van der Waals surface area contributed by atoms with Gasteiger partial charge in [0.05, 0.1) is 5.69 Å². The Balaban J connectivity index is 1.33. The zero-order valence-corrected chi connectivity index (χ0v) is 17.7. The van der Waals surface area contributed by atoms with E-state index in [0.717, 1.165) is 22.7 Å². The second-order valence-electron chi connectivity index (χ2n) is 7.63. The lowest BCUT2D eigenvalue weighted by Crippen LogP contribution is -2.48. The van der Waals surface area contributed by atoms with Gasteiger partial charge in [0.1, 0.15) is 0 Å². The molecule has 0 unspecified atom stereocenters. The number of aryl methyl sites for hydroxylation is 1. The molecule has 2 N–H and O–H groups in total. The average molecular weight is 424 g/mol. The number of carbonyl (C=O) groups excluding carboxylic acids is 3. The second-order valence-corrected chi connectivity index (χ2v) is 8.77. The van der Waals surface area contributed by atoms with Crippen molar-refractivity contribution in [3.8, 4) is 0 Å². The third-order valence-electron chi connectivity index (χ3n) is 5.63. The maximum atomic E-state index is 13.0. The first-order chi connectivity index (χ1) is 14.5. The monoisotopic (exact) mass is 423 g/mol. The van der Waals surface area contributed by atoms with Gasteiger partial charge in [0, 0.05) is 29.6 Å². The molecule has 0 radical (unpaired) electrons. The standard InChI is InChI=1S/C23H25N3O3S/c1-2-15-6-5-7-17(14-15)24-21(27)16-10-12-26(13-11-16)23(29)20-22(28)25-18-8-3-4-9-19(18)30-20/h3-9,14,16,20H,2,10-13H2,1H3,(H,24,27)(H,25,28)/t20-/m1/s1. The topological polar surface area (TPSA) is 78.5 Å². The van der Waals surface area contributed by atoms with Crippen molar-refractivity contribution in [3.63, 3.8) is 0 Å². The first-order valence-corrected chi connectivity index (χ1v) is 11.2. The van der Waals surface area contributed by atoms with Gasteiger partial charge in [-0.2, -0.15) is 0 Å². The number of amides is 3. The number of hydrogen-bond acceptors (Lipinski definition) is 4. The average Bonchev–Trinajstić information content (AvgIpc) is 2.78. The first-order valence-electron chi connectivity index (χ1n) is 10.3. The van der Waals surface area contributed by atoms with E-state index in [0.29, 0.717) is 25.9 Å². The van der Waals surface area contributed by atoms with Crippen LogP contribution in [-0.4, -0.2) is 41.0 Å². The number of thioether (sulfide) groups is 1. The molecule has 4 rings (SSSR count). The van der Waals surface area contributed by atoms with E-state index in [1.807, 2.05) is 48.5 Å². The van der Waals surface area contributed by atoms with Crippen LogP contribution < -0.4 is 10.6 Å². The molecule has 2 aliphatic heterocycles. The Morgan fingerprint density at radius 1 is 1.13 bits per heavy atom. The van der Waals surface area contributed by atoms with E-state index < -0.39 is 5.25 Å². The zero-order valence-electron chi connectivity index (χ0n) is 16.9. The van der Waals surface area contributed by atoms with Crippen molar-refractivity contribution in [1.29, 1.82) is 0 Å². The van der Waals surface area contributed by atoms with Crippen LogP contribution in [0.5, 0.6) is 0 Å². The molecule has 2 heterocycles. The van der Waals surface area contributed by atoms with Crippen molar-refractivity contribution in [1.82, 2.24) is 4.90 Å². The van der Waals surface area contributed by atoms with Crippen LogP contribution in [0.1, 0.15) is 25.3 Å². The Bertz CT molecular complexity index is 970. The fourth-order valence-corrected chi connectivity index (χ4v) is 4.93. The lowest BCUT2D eigenvalue weighted by molar-refractivity contribution is -0.136. The molecule has 156 valence electrons. The Morgan fingerprint density at radius 3 is 2.67 bits per heavy atom. The minimum absolute atomic E-state index is 0.00550. The molecule has 0 bridgehead atoms. The molecule has 2 aromatic carbocycles. The van der Waals surface area contributed by atoms with Gasteiger partial charge in [-0.25, -0.2) is 0 Å². The highest BCUT2D eigenvalue weighted by Gasteiger charge is 2.37. The number of piperidine rings is 1. The Kier molecular flexibility index (Phi) is 6.08. The minimum Gasteiger partial charge on any atom is -0.341 e. The maximum absolute atomic E-state index is 13.0. The molecule has 2 aromatic rings. The molecular weight excluding hydrogens is 398 g/mol. The summed E-state index contributed by atoms with van der Waals surface area (Å²) in [4.78, 5) is 40.6. The Morgan fingerprint density at radius 2 is 1.90 bits per heavy atom. The second kappa shape index (κ2) is 8.92. The number of hydrogen-bond donors (Lipinski definition) is 2. The van der Waals surface area contributed by atoms with Gasteiger partial charge in [-0.05, 0) is 49.1 Å². The van der Waals surface area contributed by atoms with Gasteiger partial charge in [0.15, 0.2) is 5.25 Å². The summed E-state index contributed by atoms with van der Waals surface area (Å²) in [6.07, 6.45) is 2.11. The van der Waals surface area contributed by atoms with Crippen molar-refractivity contribution in [3.05, 3.63) is 54.1 Å². The Labute approximate surface area is 180 Å². The van der Waals surface area contributed by atoms with Gasteiger partial charge in [0.25, 0.3) is 0 Å². The van der Waals surface area contributed by atoms with Gasteiger partial charge < -0.3 is 15.5 Å². The van der Waals surface area contributed by atoms with Gasteiger partial charge in [-0.3, -0.25) is 14.4 Å². The number of rotatable bonds is 4. The number of fused-ring (bicyclic) bond motifs is 1. The highest BCUT2D eigenvalue weighted by Crippen LogP contribution is 2.36.